The smallest absolute Gasteiger partial charge is 0.315 e. The SMILES string of the molecule is CCOC(=O)C1C(C)=NC2=C(C(=O)c3ccccc32)[C@@H]1c1cccnc1. The average molecular weight is 346 g/mol. The zero-order valence-electron chi connectivity index (χ0n) is 14.6. The van der Waals surface area contributed by atoms with Gasteiger partial charge in [0.1, 0.15) is 5.92 Å². The molecule has 5 heteroatoms. The number of Topliss-reactive ketones (excluding diaryl/α,β-unsaturated/α-hetero) is 1. The number of esters is 1. The second-order valence-corrected chi connectivity index (χ2v) is 6.38. The lowest BCUT2D eigenvalue weighted by molar-refractivity contribution is -0.145. The molecule has 1 aromatic heterocycles. The molecule has 0 saturated heterocycles. The summed E-state index contributed by atoms with van der Waals surface area (Å²) in [5.41, 5.74) is 4.14. The van der Waals surface area contributed by atoms with Crippen LogP contribution in [0.5, 0.6) is 0 Å². The number of nitrogens with zero attached hydrogens (tertiary/aromatic N) is 2. The summed E-state index contributed by atoms with van der Waals surface area (Å²) in [4.78, 5) is 34.7. The highest BCUT2D eigenvalue weighted by molar-refractivity contribution is 6.24. The maximum atomic E-state index is 13.1. The molecule has 2 aromatic rings. The molecule has 1 aliphatic heterocycles. The van der Waals surface area contributed by atoms with Gasteiger partial charge >= 0.3 is 5.97 Å². The van der Waals surface area contributed by atoms with Gasteiger partial charge in [0.15, 0.2) is 5.78 Å². The molecule has 2 heterocycles. The molecule has 0 N–H and O–H groups in total. The molecule has 1 aliphatic carbocycles. The normalized spacial score (nSPS) is 21.2. The molecule has 0 fully saturated rings. The molecule has 2 atom stereocenters. The first kappa shape index (κ1) is 16.4. The molecule has 4 rings (SSSR count). The van der Waals surface area contributed by atoms with Crippen molar-refractivity contribution in [1.82, 2.24) is 4.98 Å². The minimum absolute atomic E-state index is 0.0741. The number of benzene rings is 1. The zero-order chi connectivity index (χ0) is 18.3. The fourth-order valence-electron chi connectivity index (χ4n) is 3.81. The maximum absolute atomic E-state index is 13.1. The number of hydrogen-bond donors (Lipinski definition) is 0. The van der Waals surface area contributed by atoms with Gasteiger partial charge in [-0.1, -0.05) is 30.3 Å². The van der Waals surface area contributed by atoms with Crippen LogP contribution in [0.1, 0.15) is 41.3 Å². The van der Waals surface area contributed by atoms with Crippen molar-refractivity contribution in [1.29, 1.82) is 0 Å². The summed E-state index contributed by atoms with van der Waals surface area (Å²) in [7, 11) is 0. The van der Waals surface area contributed by atoms with Crippen molar-refractivity contribution >= 4 is 23.2 Å². The Morgan fingerprint density at radius 3 is 2.62 bits per heavy atom. The van der Waals surface area contributed by atoms with Gasteiger partial charge < -0.3 is 4.74 Å². The van der Waals surface area contributed by atoms with Crippen LogP contribution < -0.4 is 0 Å². The Morgan fingerprint density at radius 1 is 1.15 bits per heavy atom. The summed E-state index contributed by atoms with van der Waals surface area (Å²) in [5.74, 6) is -1.51. The molecule has 0 amide bonds. The summed E-state index contributed by atoms with van der Waals surface area (Å²) < 4.78 is 5.29. The largest absolute Gasteiger partial charge is 0.465 e. The molecular formula is C21H18N2O3. The van der Waals surface area contributed by atoms with Crippen molar-refractivity contribution in [2.24, 2.45) is 10.9 Å². The number of rotatable bonds is 3. The summed E-state index contributed by atoms with van der Waals surface area (Å²) in [6.45, 7) is 3.87. The number of hydrogen-bond acceptors (Lipinski definition) is 5. The van der Waals surface area contributed by atoms with E-state index in [9.17, 15) is 9.59 Å². The van der Waals surface area contributed by atoms with Gasteiger partial charge in [0.05, 0.1) is 12.3 Å². The third-order valence-electron chi connectivity index (χ3n) is 4.89. The van der Waals surface area contributed by atoms with Gasteiger partial charge in [-0.15, -0.1) is 0 Å². The highest BCUT2D eigenvalue weighted by Crippen LogP contribution is 2.47. The van der Waals surface area contributed by atoms with E-state index in [1.807, 2.05) is 37.3 Å². The Labute approximate surface area is 151 Å². The van der Waals surface area contributed by atoms with Gasteiger partial charge in [-0.05, 0) is 25.5 Å². The molecule has 0 radical (unpaired) electrons. The number of pyridine rings is 1. The van der Waals surface area contributed by atoms with Crippen LogP contribution in [0.2, 0.25) is 0 Å². The van der Waals surface area contributed by atoms with E-state index < -0.39 is 11.8 Å². The maximum Gasteiger partial charge on any atom is 0.315 e. The van der Waals surface area contributed by atoms with Crippen LogP contribution in [0.4, 0.5) is 0 Å². The summed E-state index contributed by atoms with van der Waals surface area (Å²) in [6, 6.07) is 11.1. The second kappa shape index (κ2) is 6.33. The van der Waals surface area contributed by atoms with Crippen molar-refractivity contribution in [3.05, 3.63) is 71.1 Å². The number of carbonyl (C=O) groups is 2. The monoisotopic (exact) mass is 346 g/mol. The molecule has 130 valence electrons. The van der Waals surface area contributed by atoms with Crippen molar-refractivity contribution < 1.29 is 14.3 Å². The van der Waals surface area contributed by atoms with E-state index in [0.29, 0.717) is 22.5 Å². The lowest BCUT2D eigenvalue weighted by Gasteiger charge is -2.30. The Morgan fingerprint density at radius 2 is 1.92 bits per heavy atom. The first-order chi connectivity index (χ1) is 12.6. The van der Waals surface area contributed by atoms with Crippen molar-refractivity contribution in [2.75, 3.05) is 6.61 Å². The van der Waals surface area contributed by atoms with Crippen LogP contribution in [-0.2, 0) is 9.53 Å². The number of allylic oxidation sites excluding steroid dienone is 1. The Hall–Kier alpha value is -3.08. The quantitative estimate of drug-likeness (QED) is 0.799. The molecular weight excluding hydrogens is 328 g/mol. The lowest BCUT2D eigenvalue weighted by atomic mass is 9.75. The molecule has 0 saturated carbocycles. The van der Waals surface area contributed by atoms with Gasteiger partial charge in [0, 0.05) is 40.7 Å². The van der Waals surface area contributed by atoms with Crippen molar-refractivity contribution in [3.63, 3.8) is 0 Å². The number of fused-ring (bicyclic) bond motifs is 2. The summed E-state index contributed by atoms with van der Waals surface area (Å²) in [6.07, 6.45) is 3.38. The zero-order valence-corrected chi connectivity index (χ0v) is 14.6. The molecule has 1 unspecified atom stereocenters. The van der Waals surface area contributed by atoms with E-state index in [-0.39, 0.29) is 18.4 Å². The number of carbonyl (C=O) groups excluding carboxylic acids is 2. The highest BCUT2D eigenvalue weighted by Gasteiger charge is 2.46. The Kier molecular flexibility index (Phi) is 3.99. The van der Waals surface area contributed by atoms with E-state index in [4.69, 9.17) is 4.74 Å². The van der Waals surface area contributed by atoms with Gasteiger partial charge in [0.25, 0.3) is 0 Å². The van der Waals surface area contributed by atoms with Crippen LogP contribution in [-0.4, -0.2) is 29.1 Å². The van der Waals surface area contributed by atoms with Gasteiger partial charge in [0.2, 0.25) is 0 Å². The van der Waals surface area contributed by atoms with Gasteiger partial charge in [-0.25, -0.2) is 0 Å². The van der Waals surface area contributed by atoms with E-state index in [2.05, 4.69) is 9.98 Å². The lowest BCUT2D eigenvalue weighted by Crippen LogP contribution is -2.35. The third-order valence-corrected chi connectivity index (χ3v) is 4.89. The number of ketones is 1. The molecule has 0 bridgehead atoms. The number of aliphatic imine (C=N–C) groups is 1. The second-order valence-electron chi connectivity index (χ2n) is 6.38. The van der Waals surface area contributed by atoms with E-state index >= 15 is 0 Å². The van der Waals surface area contributed by atoms with Crippen LogP contribution in [0.3, 0.4) is 0 Å². The molecule has 5 nitrogen and oxygen atoms in total. The Balaban J connectivity index is 1.92. The number of aromatic nitrogens is 1. The van der Waals surface area contributed by atoms with Crippen LogP contribution in [0, 0.1) is 5.92 Å². The van der Waals surface area contributed by atoms with E-state index in [1.165, 1.54) is 0 Å². The molecule has 0 spiro atoms. The standard InChI is InChI=1S/C21H18N2O3/c1-3-26-21(25)16-12(2)23-19-14-8-4-5-9-15(14)20(24)18(19)17(16)13-7-6-10-22-11-13/h4-11,16-17H,3H2,1-2H3/t16?,17-/m1/s1. The van der Waals surface area contributed by atoms with Gasteiger partial charge in [-0.2, -0.15) is 0 Å². The minimum Gasteiger partial charge on any atom is -0.465 e. The molecule has 26 heavy (non-hydrogen) atoms. The molecule has 1 aromatic carbocycles. The van der Waals surface area contributed by atoms with E-state index in [1.54, 1.807) is 25.4 Å². The van der Waals surface area contributed by atoms with Crippen molar-refractivity contribution in [3.8, 4) is 0 Å². The number of ether oxygens (including phenoxy) is 1. The van der Waals surface area contributed by atoms with Crippen LogP contribution in [0.25, 0.3) is 5.70 Å². The fourth-order valence-corrected chi connectivity index (χ4v) is 3.81. The average Bonchev–Trinajstić information content (AvgIpc) is 2.94. The predicted octanol–water partition coefficient (Wildman–Crippen LogP) is 3.43. The van der Waals surface area contributed by atoms with E-state index in [0.717, 1.165) is 11.1 Å². The Bertz CT molecular complexity index is 960. The highest BCUT2D eigenvalue weighted by atomic mass is 16.5. The molecule has 2 aliphatic rings. The van der Waals surface area contributed by atoms with Crippen LogP contribution >= 0.6 is 0 Å². The summed E-state index contributed by atoms with van der Waals surface area (Å²) >= 11 is 0. The van der Waals surface area contributed by atoms with Gasteiger partial charge in [-0.3, -0.25) is 19.6 Å². The topological polar surface area (TPSA) is 68.6 Å². The van der Waals surface area contributed by atoms with Crippen LogP contribution in [0.15, 0.2) is 59.4 Å². The predicted molar refractivity (Wildman–Crippen MR) is 97.9 cm³/mol. The minimum atomic E-state index is -0.629. The fraction of sp³-hybridized carbons (Fsp3) is 0.238. The third kappa shape index (κ3) is 2.39. The summed E-state index contributed by atoms with van der Waals surface area (Å²) in [5, 5.41) is 0. The first-order valence-electron chi connectivity index (χ1n) is 8.63. The first-order valence-corrected chi connectivity index (χ1v) is 8.63. The van der Waals surface area contributed by atoms with Crippen molar-refractivity contribution in [2.45, 2.75) is 19.8 Å².